The second-order valence-electron chi connectivity index (χ2n) is 5.21. The van der Waals surface area contributed by atoms with Gasteiger partial charge in [-0.3, -0.25) is 0 Å². The number of carbonyl (C=O) groups is 1. The van der Waals surface area contributed by atoms with E-state index in [1.165, 1.54) is 6.20 Å². The van der Waals surface area contributed by atoms with Crippen molar-refractivity contribution in [1.82, 2.24) is 15.5 Å². The van der Waals surface area contributed by atoms with Crippen LogP contribution in [-0.2, 0) is 6.61 Å². The van der Waals surface area contributed by atoms with Gasteiger partial charge < -0.3 is 24.4 Å². The molecule has 8 nitrogen and oxygen atoms in total. The van der Waals surface area contributed by atoms with Crippen LogP contribution in [0, 0.1) is 6.92 Å². The summed E-state index contributed by atoms with van der Waals surface area (Å²) in [6.07, 6.45) is 0.743. The van der Waals surface area contributed by atoms with Gasteiger partial charge in [0.15, 0.2) is 0 Å². The molecule has 26 heavy (non-hydrogen) atoms. The fourth-order valence-electron chi connectivity index (χ4n) is 2.16. The predicted octanol–water partition coefficient (Wildman–Crippen LogP) is 2.77. The van der Waals surface area contributed by atoms with Gasteiger partial charge in [0.05, 0.1) is 18.4 Å². The maximum absolute atomic E-state index is 11.4. The number of ether oxygens (including phenoxy) is 2. The summed E-state index contributed by atoms with van der Waals surface area (Å²) in [4.78, 5) is 15.5. The Balaban J connectivity index is 1.64. The van der Waals surface area contributed by atoms with Gasteiger partial charge in [-0.25, -0.2) is 9.78 Å². The van der Waals surface area contributed by atoms with Crippen molar-refractivity contribution in [1.29, 1.82) is 0 Å². The summed E-state index contributed by atoms with van der Waals surface area (Å²) in [6.45, 7) is 2.01. The number of amides is 1. The highest BCUT2D eigenvalue weighted by Gasteiger charge is 2.16. The van der Waals surface area contributed by atoms with Crippen molar-refractivity contribution in [3.05, 3.63) is 47.9 Å². The first kappa shape index (κ1) is 17.9. The van der Waals surface area contributed by atoms with Crippen molar-refractivity contribution < 1.29 is 23.9 Å². The molecule has 2 aromatic heterocycles. The van der Waals surface area contributed by atoms with Crippen molar-refractivity contribution >= 4 is 17.4 Å². The molecule has 0 aliphatic rings. The molecule has 2 N–H and O–H groups in total. The van der Waals surface area contributed by atoms with Gasteiger partial charge in [0.1, 0.15) is 18.1 Å². The van der Waals surface area contributed by atoms with E-state index in [1.807, 2.05) is 37.3 Å². The van der Waals surface area contributed by atoms with E-state index in [4.69, 9.17) is 19.1 Å². The lowest BCUT2D eigenvalue weighted by Crippen LogP contribution is -2.29. The molecule has 0 radical (unpaired) electrons. The minimum absolute atomic E-state index is 0.121. The highest BCUT2D eigenvalue weighted by Crippen LogP contribution is 2.30. The van der Waals surface area contributed by atoms with Crippen LogP contribution in [-0.4, -0.2) is 34.5 Å². The van der Waals surface area contributed by atoms with Crippen molar-refractivity contribution in [3.63, 3.8) is 0 Å². The van der Waals surface area contributed by atoms with Crippen LogP contribution in [0.3, 0.4) is 0 Å². The summed E-state index contributed by atoms with van der Waals surface area (Å²) >= 11 is 1.09. The van der Waals surface area contributed by atoms with E-state index in [0.29, 0.717) is 16.0 Å². The van der Waals surface area contributed by atoms with Gasteiger partial charge in [-0.2, -0.15) is 0 Å². The zero-order valence-corrected chi connectivity index (χ0v) is 14.8. The van der Waals surface area contributed by atoms with Gasteiger partial charge >= 0.3 is 6.09 Å². The molecule has 0 bridgehead atoms. The van der Waals surface area contributed by atoms with Crippen LogP contribution in [0.2, 0.25) is 0 Å². The zero-order chi connectivity index (χ0) is 18.4. The van der Waals surface area contributed by atoms with E-state index in [1.54, 1.807) is 0 Å². The Morgan fingerprint density at radius 3 is 2.92 bits per heavy atom. The van der Waals surface area contributed by atoms with E-state index in [2.05, 4.69) is 15.5 Å². The number of benzene rings is 1. The van der Waals surface area contributed by atoms with Crippen molar-refractivity contribution in [2.24, 2.45) is 0 Å². The number of aromatic nitrogens is 2. The first-order chi connectivity index (χ1) is 12.7. The number of carbonyl (C=O) groups excluding carboxylic acids is 1. The molecule has 0 aliphatic heterocycles. The van der Waals surface area contributed by atoms with Crippen LogP contribution < -0.4 is 14.8 Å². The monoisotopic (exact) mass is 375 g/mol. The number of aliphatic hydroxyl groups is 1. The topological polar surface area (TPSA) is 107 Å². The summed E-state index contributed by atoms with van der Waals surface area (Å²) in [5.41, 5.74) is 2.49. The predicted molar refractivity (Wildman–Crippen MR) is 94.2 cm³/mol. The molecule has 0 spiro atoms. The first-order valence-electron chi connectivity index (χ1n) is 7.83. The Labute approximate surface area is 153 Å². The summed E-state index contributed by atoms with van der Waals surface area (Å²) in [5, 5.41) is 15.8. The molecule has 0 saturated carbocycles. The minimum Gasteiger partial charge on any atom is -0.465 e. The highest BCUT2D eigenvalue weighted by molar-refractivity contribution is 7.15. The summed E-state index contributed by atoms with van der Waals surface area (Å²) in [7, 11) is 0. The largest absolute Gasteiger partial charge is 0.465 e. The van der Waals surface area contributed by atoms with E-state index in [-0.39, 0.29) is 19.8 Å². The molecular formula is C17H17N3O5S. The van der Waals surface area contributed by atoms with Gasteiger partial charge in [-0.15, -0.1) is 0 Å². The lowest BCUT2D eigenvalue weighted by atomic mass is 10.1. The molecule has 0 saturated heterocycles. The van der Waals surface area contributed by atoms with Crippen LogP contribution in [0.15, 0.2) is 41.1 Å². The number of hydrogen-bond donors (Lipinski definition) is 2. The number of hydrogen-bond acceptors (Lipinski definition) is 8. The lowest BCUT2D eigenvalue weighted by molar-refractivity contribution is 0.197. The smallest absolute Gasteiger partial charge is 0.413 e. The number of nitrogens with zero attached hydrogens (tertiary/aromatic N) is 2. The summed E-state index contributed by atoms with van der Waals surface area (Å²) < 4.78 is 16.0. The molecule has 0 unspecified atom stereocenters. The molecule has 1 amide bonds. The Hall–Kier alpha value is -2.91. The number of aryl methyl sites for hydroxylation is 1. The third-order valence-corrected chi connectivity index (χ3v) is 4.20. The maximum Gasteiger partial charge on any atom is 0.413 e. The minimum atomic E-state index is -0.657. The van der Waals surface area contributed by atoms with Gasteiger partial charge in [0, 0.05) is 12.1 Å². The van der Waals surface area contributed by atoms with Crippen molar-refractivity contribution in [2.45, 2.75) is 13.5 Å². The normalized spacial score (nSPS) is 10.5. The molecule has 136 valence electrons. The van der Waals surface area contributed by atoms with Gasteiger partial charge in [-0.1, -0.05) is 35.5 Å². The number of aliphatic hydroxyl groups excluding tert-OH is 1. The molecule has 9 heteroatoms. The van der Waals surface area contributed by atoms with Gasteiger partial charge in [0.25, 0.3) is 5.19 Å². The van der Waals surface area contributed by atoms with Crippen LogP contribution in [0.4, 0.5) is 4.79 Å². The zero-order valence-electron chi connectivity index (χ0n) is 14.0. The van der Waals surface area contributed by atoms with E-state index in [0.717, 1.165) is 28.2 Å². The molecule has 2 heterocycles. The quantitative estimate of drug-likeness (QED) is 0.654. The Morgan fingerprint density at radius 2 is 2.15 bits per heavy atom. The summed E-state index contributed by atoms with van der Waals surface area (Å²) in [5.74, 6) is 0.667. The fourth-order valence-corrected chi connectivity index (χ4v) is 2.78. The number of rotatable bonds is 7. The first-order valence-corrected chi connectivity index (χ1v) is 8.64. The lowest BCUT2D eigenvalue weighted by Gasteiger charge is -2.04. The molecule has 1 aromatic carbocycles. The van der Waals surface area contributed by atoms with Crippen LogP contribution in [0.5, 0.6) is 10.3 Å². The SMILES string of the molecule is Cc1onc(-c2ccccc2)c1COc1ncc(OC(=O)NCCO)s1. The molecule has 0 atom stereocenters. The third-order valence-electron chi connectivity index (χ3n) is 3.41. The number of thiazole rings is 1. The Kier molecular flexibility index (Phi) is 5.82. The maximum atomic E-state index is 11.4. The standard InChI is InChI=1S/C17H17N3O5S/c1-11-13(15(20-25-11)12-5-3-2-4-6-12)10-23-17-19-9-14(26-17)24-16(22)18-7-8-21/h2-6,9,21H,7-8,10H2,1H3,(H,18,22). The van der Waals surface area contributed by atoms with Gasteiger partial charge in [-0.05, 0) is 18.3 Å². The molecule has 0 aliphatic carbocycles. The van der Waals surface area contributed by atoms with Crippen LogP contribution in [0.25, 0.3) is 11.3 Å². The van der Waals surface area contributed by atoms with Crippen LogP contribution >= 0.6 is 11.3 Å². The molecule has 3 aromatic rings. The number of nitrogens with one attached hydrogen (secondary N) is 1. The second-order valence-corrected chi connectivity index (χ2v) is 6.16. The van der Waals surface area contributed by atoms with Gasteiger partial charge in [0.2, 0.25) is 5.06 Å². The highest BCUT2D eigenvalue weighted by atomic mass is 32.1. The molecule has 0 fully saturated rings. The fraction of sp³-hybridized carbons (Fsp3) is 0.235. The van der Waals surface area contributed by atoms with E-state index >= 15 is 0 Å². The van der Waals surface area contributed by atoms with Crippen LogP contribution in [0.1, 0.15) is 11.3 Å². The average Bonchev–Trinajstić information content (AvgIpc) is 3.25. The molecule has 3 rings (SSSR count). The Morgan fingerprint density at radius 1 is 1.35 bits per heavy atom. The molecular weight excluding hydrogens is 358 g/mol. The second kappa shape index (κ2) is 8.45. The van der Waals surface area contributed by atoms with E-state index in [9.17, 15) is 4.79 Å². The van der Waals surface area contributed by atoms with Crippen molar-refractivity contribution in [2.75, 3.05) is 13.2 Å². The average molecular weight is 375 g/mol. The summed E-state index contributed by atoms with van der Waals surface area (Å²) in [6, 6.07) is 9.68. The Bertz CT molecular complexity index is 862. The van der Waals surface area contributed by atoms with E-state index < -0.39 is 6.09 Å². The van der Waals surface area contributed by atoms with Crippen molar-refractivity contribution in [3.8, 4) is 21.5 Å². The third kappa shape index (κ3) is 4.38.